The summed E-state index contributed by atoms with van der Waals surface area (Å²) < 4.78 is 61.4. The van der Waals surface area contributed by atoms with Gasteiger partial charge in [-0.2, -0.15) is 22.6 Å². The molecule has 0 aliphatic carbocycles. The second kappa shape index (κ2) is 9.59. The fourth-order valence-corrected chi connectivity index (χ4v) is 3.97. The van der Waals surface area contributed by atoms with Crippen molar-refractivity contribution in [3.8, 4) is 0 Å². The number of hydrogen-bond donors (Lipinski definition) is 3. The number of halogens is 3. The molecule has 0 bridgehead atoms. The normalized spacial score (nSPS) is 17.7. The van der Waals surface area contributed by atoms with Crippen LogP contribution in [0.15, 0.2) is 11.2 Å². The lowest BCUT2D eigenvalue weighted by Gasteiger charge is -2.32. The average Bonchev–Trinajstić information content (AvgIpc) is 3.03. The first kappa shape index (κ1) is 22.5. The molecular formula is C16H27F3N6O2S. The third kappa shape index (κ3) is 5.84. The Hall–Kier alpha value is -1.82. The smallest absolute Gasteiger partial charge is 0.357 e. The summed E-state index contributed by atoms with van der Waals surface area (Å²) in [7, 11) is -5.25. The zero-order valence-electron chi connectivity index (χ0n) is 16.0. The van der Waals surface area contributed by atoms with Crippen molar-refractivity contribution >= 4 is 16.0 Å². The Bertz CT molecular complexity index is 755. The van der Waals surface area contributed by atoms with E-state index in [4.69, 9.17) is 0 Å². The first-order valence-electron chi connectivity index (χ1n) is 9.25. The molecule has 0 aromatic carbocycles. The zero-order valence-corrected chi connectivity index (χ0v) is 16.8. The highest BCUT2D eigenvalue weighted by Gasteiger charge is 2.50. The molecule has 1 aliphatic heterocycles. The van der Waals surface area contributed by atoms with E-state index in [1.54, 1.807) is 6.20 Å². The predicted octanol–water partition coefficient (Wildman–Crippen LogP) is 1.52. The highest BCUT2D eigenvalue weighted by molar-refractivity contribution is 7.90. The van der Waals surface area contributed by atoms with Crippen LogP contribution >= 0.6 is 0 Å². The number of aromatic nitrogens is 2. The topological polar surface area (TPSA) is 102 Å². The van der Waals surface area contributed by atoms with Gasteiger partial charge in [-0.1, -0.05) is 0 Å². The number of rotatable bonds is 7. The molecule has 160 valence electrons. The molecule has 2 rings (SSSR count). The molecule has 1 aromatic heterocycles. The number of aliphatic imine (C=N–C) groups is 1. The van der Waals surface area contributed by atoms with Crippen molar-refractivity contribution in [2.75, 3.05) is 26.2 Å². The van der Waals surface area contributed by atoms with Gasteiger partial charge in [-0.15, -0.1) is 0 Å². The third-order valence-electron chi connectivity index (χ3n) is 4.58. The summed E-state index contributed by atoms with van der Waals surface area (Å²) in [4.78, 5) is 4.50. The Morgan fingerprint density at radius 3 is 2.61 bits per heavy atom. The van der Waals surface area contributed by atoms with E-state index in [2.05, 4.69) is 25.8 Å². The van der Waals surface area contributed by atoms with Gasteiger partial charge >= 0.3 is 15.5 Å². The number of nitrogens with zero attached hydrogens (tertiary/aromatic N) is 3. The fraction of sp³-hybridized carbons (Fsp3) is 0.750. The van der Waals surface area contributed by atoms with Gasteiger partial charge in [0.25, 0.3) is 0 Å². The number of nitrogens with one attached hydrogen (secondary N) is 3. The number of alkyl halides is 3. The molecule has 28 heavy (non-hydrogen) atoms. The van der Waals surface area contributed by atoms with Crippen molar-refractivity contribution < 1.29 is 21.6 Å². The zero-order chi connectivity index (χ0) is 20.8. The number of aryl methyl sites for hydroxylation is 2. The van der Waals surface area contributed by atoms with Gasteiger partial charge in [0, 0.05) is 37.9 Å². The Morgan fingerprint density at radius 1 is 1.39 bits per heavy atom. The van der Waals surface area contributed by atoms with Gasteiger partial charge in [-0.05, 0) is 45.1 Å². The van der Waals surface area contributed by atoms with Crippen LogP contribution in [-0.4, -0.2) is 66.6 Å². The summed E-state index contributed by atoms with van der Waals surface area (Å²) in [5.41, 5.74) is -3.07. The maximum Gasteiger partial charge on any atom is 0.511 e. The van der Waals surface area contributed by atoms with Crippen LogP contribution in [0.1, 0.15) is 37.4 Å². The standard InChI is InChI=1S/C16H27F3N6O2S/c1-3-20-15(21-8-4-5-13-11-22-24-12(13)2)23-14-6-9-25(10-7-14)28(26,27)16(17,18)19/h11,14H,3-10H2,1-2H3,(H,22,24)(H2,20,21,23). The molecule has 8 nitrogen and oxygen atoms in total. The Kier molecular flexibility index (Phi) is 7.70. The van der Waals surface area contributed by atoms with E-state index in [0.29, 0.717) is 23.4 Å². The quantitative estimate of drug-likeness (QED) is 0.350. The van der Waals surface area contributed by atoms with Crippen LogP contribution < -0.4 is 10.6 Å². The van der Waals surface area contributed by atoms with Gasteiger partial charge in [0.05, 0.1) is 6.20 Å². The van der Waals surface area contributed by atoms with E-state index < -0.39 is 15.5 Å². The van der Waals surface area contributed by atoms with Crippen LogP contribution in [0.3, 0.4) is 0 Å². The van der Waals surface area contributed by atoms with Gasteiger partial charge in [-0.3, -0.25) is 10.1 Å². The lowest BCUT2D eigenvalue weighted by atomic mass is 10.1. The largest absolute Gasteiger partial charge is 0.511 e. The molecule has 0 radical (unpaired) electrons. The van der Waals surface area contributed by atoms with Gasteiger partial charge in [0.1, 0.15) is 0 Å². The molecule has 3 N–H and O–H groups in total. The van der Waals surface area contributed by atoms with Crippen LogP contribution in [0.25, 0.3) is 0 Å². The van der Waals surface area contributed by atoms with Crippen LogP contribution in [-0.2, 0) is 16.4 Å². The molecule has 1 aliphatic rings. The predicted molar refractivity (Wildman–Crippen MR) is 100 cm³/mol. The lowest BCUT2D eigenvalue weighted by Crippen LogP contribution is -2.51. The highest BCUT2D eigenvalue weighted by atomic mass is 32.2. The molecule has 0 atom stereocenters. The monoisotopic (exact) mass is 424 g/mol. The first-order chi connectivity index (χ1) is 13.1. The molecule has 1 fully saturated rings. The summed E-state index contributed by atoms with van der Waals surface area (Å²) in [6, 6.07) is -0.131. The number of aromatic amines is 1. The number of piperidine rings is 1. The third-order valence-corrected chi connectivity index (χ3v) is 6.21. The Balaban J connectivity index is 1.83. The molecular weight excluding hydrogens is 397 g/mol. The van der Waals surface area contributed by atoms with Gasteiger partial charge in [-0.25, -0.2) is 8.42 Å². The summed E-state index contributed by atoms with van der Waals surface area (Å²) >= 11 is 0. The molecule has 0 unspecified atom stereocenters. The van der Waals surface area contributed by atoms with E-state index in [1.807, 2.05) is 13.8 Å². The van der Waals surface area contributed by atoms with E-state index in [1.165, 1.54) is 0 Å². The SMILES string of the molecule is CCNC(=NCCCc1cn[nH]c1C)NC1CCN(S(=O)(=O)C(F)(F)F)CC1. The second-order valence-electron chi connectivity index (χ2n) is 6.65. The fourth-order valence-electron chi connectivity index (χ4n) is 2.99. The molecule has 0 amide bonds. The maximum atomic E-state index is 12.6. The lowest BCUT2D eigenvalue weighted by molar-refractivity contribution is -0.0494. The van der Waals surface area contributed by atoms with Gasteiger partial charge in [0.2, 0.25) is 0 Å². The number of guanidine groups is 1. The van der Waals surface area contributed by atoms with E-state index in [0.717, 1.165) is 24.1 Å². The van der Waals surface area contributed by atoms with Crippen molar-refractivity contribution in [1.82, 2.24) is 25.1 Å². The van der Waals surface area contributed by atoms with Gasteiger partial charge < -0.3 is 10.6 Å². The van der Waals surface area contributed by atoms with Crippen LogP contribution in [0.5, 0.6) is 0 Å². The van der Waals surface area contributed by atoms with E-state index in [9.17, 15) is 21.6 Å². The van der Waals surface area contributed by atoms with Crippen molar-refractivity contribution in [2.45, 2.75) is 51.1 Å². The first-order valence-corrected chi connectivity index (χ1v) is 10.7. The van der Waals surface area contributed by atoms with Crippen LogP contribution in [0.2, 0.25) is 0 Å². The van der Waals surface area contributed by atoms with Crippen molar-refractivity contribution in [3.63, 3.8) is 0 Å². The average molecular weight is 424 g/mol. The number of sulfonamides is 1. The second-order valence-corrected chi connectivity index (χ2v) is 8.58. The molecule has 12 heteroatoms. The molecule has 2 heterocycles. The minimum atomic E-state index is -5.25. The Labute approximate surface area is 163 Å². The number of hydrogen-bond acceptors (Lipinski definition) is 4. The van der Waals surface area contributed by atoms with E-state index in [-0.39, 0.29) is 32.0 Å². The van der Waals surface area contributed by atoms with E-state index >= 15 is 0 Å². The van der Waals surface area contributed by atoms with Crippen LogP contribution in [0, 0.1) is 6.92 Å². The summed E-state index contributed by atoms with van der Waals surface area (Å²) in [5, 5.41) is 13.2. The minimum Gasteiger partial charge on any atom is -0.357 e. The highest BCUT2D eigenvalue weighted by Crippen LogP contribution is 2.28. The minimum absolute atomic E-state index is 0.131. The molecule has 1 aromatic rings. The van der Waals surface area contributed by atoms with Crippen molar-refractivity contribution in [3.05, 3.63) is 17.5 Å². The maximum absolute atomic E-state index is 12.6. The van der Waals surface area contributed by atoms with Crippen molar-refractivity contribution in [1.29, 1.82) is 0 Å². The Morgan fingerprint density at radius 2 is 2.07 bits per heavy atom. The summed E-state index contributed by atoms with van der Waals surface area (Å²) in [6.07, 6.45) is 4.05. The number of H-pyrrole nitrogens is 1. The summed E-state index contributed by atoms with van der Waals surface area (Å²) in [5.74, 6) is 0.587. The molecule has 0 saturated carbocycles. The summed E-state index contributed by atoms with van der Waals surface area (Å²) in [6.45, 7) is 4.78. The molecule has 0 spiro atoms. The molecule has 1 saturated heterocycles. The van der Waals surface area contributed by atoms with Crippen molar-refractivity contribution in [2.24, 2.45) is 4.99 Å². The van der Waals surface area contributed by atoms with Crippen LogP contribution in [0.4, 0.5) is 13.2 Å². The van der Waals surface area contributed by atoms with Gasteiger partial charge in [0.15, 0.2) is 5.96 Å².